The fourth-order valence-electron chi connectivity index (χ4n) is 4.27. The van der Waals surface area contributed by atoms with Gasteiger partial charge in [-0.05, 0) is 56.0 Å². The van der Waals surface area contributed by atoms with Crippen LogP contribution in [-0.2, 0) is 4.74 Å². The zero-order chi connectivity index (χ0) is 21.9. The van der Waals surface area contributed by atoms with Crippen molar-refractivity contribution in [1.82, 2.24) is 25.1 Å². The number of hydrogen-bond acceptors (Lipinski definition) is 7. The third-order valence-corrected chi connectivity index (χ3v) is 6.29. The molecule has 2 aromatic heterocycles. The Labute approximate surface area is 188 Å². The van der Waals surface area contributed by atoms with Crippen molar-refractivity contribution < 1.29 is 9.47 Å². The van der Waals surface area contributed by atoms with E-state index in [0.29, 0.717) is 24.0 Å². The van der Waals surface area contributed by atoms with E-state index in [2.05, 4.69) is 55.9 Å². The summed E-state index contributed by atoms with van der Waals surface area (Å²) in [6.07, 6.45) is 15.5. The van der Waals surface area contributed by atoms with E-state index in [4.69, 9.17) is 9.47 Å². The lowest BCUT2D eigenvalue weighted by atomic mass is 9.99. The van der Waals surface area contributed by atoms with Gasteiger partial charge in [0.15, 0.2) is 11.6 Å². The minimum absolute atomic E-state index is 0.633. The Balaban J connectivity index is 1.28. The molecule has 3 aliphatic rings. The second kappa shape index (κ2) is 9.16. The average molecular weight is 435 g/mol. The molecule has 1 fully saturated rings. The monoisotopic (exact) mass is 434 g/mol. The lowest BCUT2D eigenvalue weighted by Crippen LogP contribution is -2.29. The highest BCUT2D eigenvalue weighted by molar-refractivity contribution is 5.72. The molecule has 1 aliphatic carbocycles. The van der Waals surface area contributed by atoms with Crippen LogP contribution >= 0.6 is 0 Å². The smallest absolute Gasteiger partial charge is 0.222 e. The summed E-state index contributed by atoms with van der Waals surface area (Å²) in [7, 11) is 2.03. The van der Waals surface area contributed by atoms with Gasteiger partial charge in [-0.25, -0.2) is 0 Å². The Kier molecular flexibility index (Phi) is 5.94. The number of fused-ring (bicyclic) bond motifs is 3. The van der Waals surface area contributed by atoms with Gasteiger partial charge in [0, 0.05) is 13.5 Å². The Morgan fingerprint density at radius 2 is 2.19 bits per heavy atom. The standard InChI is InChI=1S/C24H30N6O2/c1-17(23-27-28-24-22-21(15-26-30(23)24)29(2)12-13-31-22)6-7-18-4-3-5-20(14-18)32-16-19-8-10-25-11-9-19/h3-7,15,19,25H,8-14,16H2,1-2H3/b17-6+,18-7-. The molecule has 2 aromatic rings. The number of anilines is 1. The van der Waals surface area contributed by atoms with Gasteiger partial charge in [0.2, 0.25) is 5.65 Å². The predicted molar refractivity (Wildman–Crippen MR) is 125 cm³/mol. The summed E-state index contributed by atoms with van der Waals surface area (Å²) in [5, 5.41) is 16.7. The lowest BCUT2D eigenvalue weighted by molar-refractivity contribution is 0.142. The second-order valence-electron chi connectivity index (χ2n) is 8.65. The van der Waals surface area contributed by atoms with Crippen molar-refractivity contribution in [2.24, 2.45) is 5.92 Å². The van der Waals surface area contributed by atoms with Gasteiger partial charge in [0.25, 0.3) is 0 Å². The van der Waals surface area contributed by atoms with Crippen molar-refractivity contribution in [3.8, 4) is 5.75 Å². The van der Waals surface area contributed by atoms with E-state index in [0.717, 1.165) is 55.4 Å². The maximum atomic E-state index is 6.12. The Hall–Kier alpha value is -3.13. The molecule has 8 nitrogen and oxygen atoms in total. The summed E-state index contributed by atoms with van der Waals surface area (Å²) in [6, 6.07) is 0. The molecule has 0 bridgehead atoms. The highest BCUT2D eigenvalue weighted by Crippen LogP contribution is 2.33. The molecular formula is C24H30N6O2. The van der Waals surface area contributed by atoms with Gasteiger partial charge in [-0.1, -0.05) is 24.3 Å². The number of nitrogens with zero attached hydrogens (tertiary/aromatic N) is 5. The molecule has 4 heterocycles. The topological polar surface area (TPSA) is 76.8 Å². The molecule has 0 spiro atoms. The van der Waals surface area contributed by atoms with Crippen molar-refractivity contribution in [2.75, 3.05) is 44.8 Å². The van der Waals surface area contributed by atoms with E-state index >= 15 is 0 Å². The molecule has 8 heteroatoms. The quantitative estimate of drug-likeness (QED) is 0.775. The lowest BCUT2D eigenvalue weighted by Gasteiger charge is -2.26. The van der Waals surface area contributed by atoms with Crippen LogP contribution in [0, 0.1) is 5.92 Å². The summed E-state index contributed by atoms with van der Waals surface area (Å²) in [4.78, 5) is 2.13. The average Bonchev–Trinajstić information content (AvgIpc) is 3.27. The van der Waals surface area contributed by atoms with Crippen molar-refractivity contribution in [3.63, 3.8) is 0 Å². The summed E-state index contributed by atoms with van der Waals surface area (Å²) >= 11 is 0. The van der Waals surface area contributed by atoms with Crippen molar-refractivity contribution in [1.29, 1.82) is 0 Å². The van der Waals surface area contributed by atoms with Crippen molar-refractivity contribution in [3.05, 3.63) is 53.7 Å². The number of ether oxygens (including phenoxy) is 2. The number of allylic oxidation sites excluding steroid dienone is 7. The van der Waals surface area contributed by atoms with E-state index in [1.54, 1.807) is 4.52 Å². The van der Waals surface area contributed by atoms with E-state index in [-0.39, 0.29) is 0 Å². The summed E-state index contributed by atoms with van der Waals surface area (Å²) < 4.78 is 13.7. The van der Waals surface area contributed by atoms with Crippen LogP contribution < -0.4 is 15.0 Å². The number of piperidine rings is 1. The van der Waals surface area contributed by atoms with Crippen LogP contribution in [0.5, 0.6) is 5.75 Å². The maximum Gasteiger partial charge on any atom is 0.222 e. The first-order chi connectivity index (χ1) is 15.7. The number of likely N-dealkylation sites (N-methyl/N-ethyl adjacent to an activating group) is 1. The zero-order valence-corrected chi connectivity index (χ0v) is 18.8. The first-order valence-corrected chi connectivity index (χ1v) is 11.4. The molecule has 0 unspecified atom stereocenters. The highest BCUT2D eigenvalue weighted by Gasteiger charge is 2.22. The zero-order valence-electron chi connectivity index (χ0n) is 18.8. The third-order valence-electron chi connectivity index (χ3n) is 6.29. The molecule has 1 saturated heterocycles. The molecule has 0 aromatic carbocycles. The first-order valence-electron chi connectivity index (χ1n) is 11.4. The number of nitrogens with one attached hydrogen (secondary N) is 1. The van der Waals surface area contributed by atoms with E-state index < -0.39 is 0 Å². The molecule has 0 radical (unpaired) electrons. The van der Waals surface area contributed by atoms with Crippen LogP contribution in [0.3, 0.4) is 0 Å². The van der Waals surface area contributed by atoms with Crippen LogP contribution in [0.15, 0.2) is 47.9 Å². The summed E-state index contributed by atoms with van der Waals surface area (Å²) in [6.45, 7) is 6.50. The molecule has 0 amide bonds. The van der Waals surface area contributed by atoms with Gasteiger partial charge in [-0.3, -0.25) is 0 Å². The van der Waals surface area contributed by atoms with Crippen LogP contribution in [-0.4, -0.2) is 59.7 Å². The third kappa shape index (κ3) is 4.27. The molecule has 0 atom stereocenters. The van der Waals surface area contributed by atoms with Crippen molar-refractivity contribution >= 4 is 16.9 Å². The van der Waals surface area contributed by atoms with Gasteiger partial charge >= 0.3 is 0 Å². The minimum atomic E-state index is 0.633. The van der Waals surface area contributed by atoms with Gasteiger partial charge in [-0.15, -0.1) is 10.2 Å². The molecule has 32 heavy (non-hydrogen) atoms. The molecule has 1 N–H and O–H groups in total. The van der Waals surface area contributed by atoms with Gasteiger partial charge in [0.05, 0.1) is 19.3 Å². The largest absolute Gasteiger partial charge is 0.497 e. The highest BCUT2D eigenvalue weighted by atomic mass is 16.5. The van der Waals surface area contributed by atoms with Crippen LogP contribution in [0.25, 0.3) is 11.2 Å². The fraction of sp³-hybridized carbons (Fsp3) is 0.458. The maximum absolute atomic E-state index is 6.12. The normalized spacial score (nSPS) is 20.9. The van der Waals surface area contributed by atoms with Crippen LogP contribution in [0.4, 0.5) is 5.69 Å². The van der Waals surface area contributed by atoms with Crippen LogP contribution in [0.1, 0.15) is 32.0 Å². The number of rotatable bonds is 5. The Morgan fingerprint density at radius 1 is 1.31 bits per heavy atom. The minimum Gasteiger partial charge on any atom is -0.497 e. The van der Waals surface area contributed by atoms with Gasteiger partial charge < -0.3 is 19.7 Å². The summed E-state index contributed by atoms with van der Waals surface area (Å²) in [5.74, 6) is 3.15. The Bertz CT molecular complexity index is 1110. The van der Waals surface area contributed by atoms with E-state index in [9.17, 15) is 0 Å². The van der Waals surface area contributed by atoms with E-state index in [1.807, 2.05) is 20.2 Å². The fourth-order valence-corrected chi connectivity index (χ4v) is 4.27. The predicted octanol–water partition coefficient (Wildman–Crippen LogP) is 3.14. The molecule has 2 aliphatic heterocycles. The van der Waals surface area contributed by atoms with E-state index in [1.165, 1.54) is 18.4 Å². The summed E-state index contributed by atoms with van der Waals surface area (Å²) in [5.41, 5.74) is 3.79. The molecule has 0 saturated carbocycles. The van der Waals surface area contributed by atoms with Crippen molar-refractivity contribution in [2.45, 2.75) is 26.2 Å². The number of aromatic nitrogens is 4. The molecule has 5 rings (SSSR count). The molecule has 168 valence electrons. The van der Waals surface area contributed by atoms with Gasteiger partial charge in [0.1, 0.15) is 18.1 Å². The van der Waals surface area contributed by atoms with Crippen LogP contribution in [0.2, 0.25) is 0 Å². The van der Waals surface area contributed by atoms with Gasteiger partial charge in [-0.2, -0.15) is 9.61 Å². The Morgan fingerprint density at radius 3 is 3.06 bits per heavy atom. The SMILES string of the molecule is C/C(=C\C=C1\C=CC=C(OCC2CCNCC2)C1)c1nnc2c3c(cnn12)N(C)CCO3. The first kappa shape index (κ1) is 20.8. The second-order valence-corrected chi connectivity index (χ2v) is 8.65. The number of hydrogen-bond donors (Lipinski definition) is 1. The molecular weight excluding hydrogens is 404 g/mol.